The minimum atomic E-state index is 0.0693. The molecule has 0 aliphatic rings. The number of amides is 1. The number of ether oxygens (including phenoxy) is 1. The van der Waals surface area contributed by atoms with Gasteiger partial charge in [-0.15, -0.1) is 0 Å². The van der Waals surface area contributed by atoms with Crippen LogP contribution in [0.1, 0.15) is 18.9 Å². The lowest BCUT2D eigenvalue weighted by Crippen LogP contribution is -2.29. The van der Waals surface area contributed by atoms with Crippen molar-refractivity contribution in [2.45, 2.75) is 19.9 Å². The van der Waals surface area contributed by atoms with E-state index in [1.54, 1.807) is 12.0 Å². The molecule has 4 nitrogen and oxygen atoms in total. The predicted octanol–water partition coefficient (Wildman–Crippen LogP) is 4.25. The van der Waals surface area contributed by atoms with Crippen molar-refractivity contribution in [3.8, 4) is 5.75 Å². The Kier molecular flexibility index (Phi) is 4.57. The largest absolute Gasteiger partial charge is 0.497 e. The van der Waals surface area contributed by atoms with Gasteiger partial charge in [0.1, 0.15) is 5.75 Å². The highest BCUT2D eigenvalue weighted by Gasteiger charge is 2.18. The van der Waals surface area contributed by atoms with Crippen molar-refractivity contribution >= 4 is 32.6 Å². The lowest BCUT2D eigenvalue weighted by molar-refractivity contribution is -0.118. The Balaban J connectivity index is 1.97. The van der Waals surface area contributed by atoms with E-state index in [0.717, 1.165) is 26.7 Å². The van der Waals surface area contributed by atoms with E-state index in [-0.39, 0.29) is 5.91 Å². The van der Waals surface area contributed by atoms with Gasteiger partial charge in [0.15, 0.2) is 5.13 Å². The highest BCUT2D eigenvalue weighted by atomic mass is 32.1. The van der Waals surface area contributed by atoms with Gasteiger partial charge in [0.2, 0.25) is 5.91 Å². The maximum absolute atomic E-state index is 12.4. The first kappa shape index (κ1) is 15.5. The summed E-state index contributed by atoms with van der Waals surface area (Å²) in [5, 5.41) is 0.726. The Morgan fingerprint density at radius 1 is 1.22 bits per heavy atom. The number of thiazole rings is 1. The summed E-state index contributed by atoms with van der Waals surface area (Å²) in [6.07, 6.45) is 0.450. The summed E-state index contributed by atoms with van der Waals surface area (Å²) in [5.74, 6) is 0.865. The van der Waals surface area contributed by atoms with Crippen molar-refractivity contribution in [3.05, 3.63) is 54.1 Å². The predicted molar refractivity (Wildman–Crippen MR) is 94.1 cm³/mol. The smallest absolute Gasteiger partial charge is 0.228 e. The summed E-state index contributed by atoms with van der Waals surface area (Å²) in [6, 6.07) is 15.7. The minimum absolute atomic E-state index is 0.0693. The Morgan fingerprint density at radius 3 is 2.70 bits per heavy atom. The molecular weight excluding hydrogens is 308 g/mol. The first-order chi connectivity index (χ1) is 11.2. The van der Waals surface area contributed by atoms with E-state index in [1.807, 2.05) is 55.5 Å². The number of nitrogens with zero attached hydrogens (tertiary/aromatic N) is 2. The summed E-state index contributed by atoms with van der Waals surface area (Å²) < 4.78 is 6.27. The molecule has 0 bridgehead atoms. The number of aromatic nitrogens is 1. The summed E-state index contributed by atoms with van der Waals surface area (Å²) in [7, 11) is 1.64. The number of benzene rings is 2. The Morgan fingerprint density at radius 2 is 2.00 bits per heavy atom. The van der Waals surface area contributed by atoms with Gasteiger partial charge < -0.3 is 4.74 Å². The minimum Gasteiger partial charge on any atom is -0.497 e. The van der Waals surface area contributed by atoms with E-state index >= 15 is 0 Å². The molecule has 0 aliphatic carbocycles. The van der Waals surface area contributed by atoms with Gasteiger partial charge in [-0.3, -0.25) is 9.69 Å². The van der Waals surface area contributed by atoms with E-state index in [9.17, 15) is 4.79 Å². The van der Waals surface area contributed by atoms with Crippen LogP contribution in [0.2, 0.25) is 0 Å². The quantitative estimate of drug-likeness (QED) is 0.704. The Bertz CT molecular complexity index is 814. The highest BCUT2D eigenvalue weighted by Crippen LogP contribution is 2.32. The van der Waals surface area contributed by atoms with Crippen LogP contribution in [0.25, 0.3) is 10.2 Å². The van der Waals surface area contributed by atoms with Crippen LogP contribution in [0.15, 0.2) is 48.5 Å². The molecule has 3 rings (SSSR count). The molecule has 1 heterocycles. The number of carbonyl (C=O) groups excluding carboxylic acids is 1. The van der Waals surface area contributed by atoms with Crippen LogP contribution < -0.4 is 9.64 Å². The fraction of sp³-hybridized carbons (Fsp3) is 0.222. The molecule has 2 aromatic carbocycles. The van der Waals surface area contributed by atoms with Crippen LogP contribution in [-0.2, 0) is 11.3 Å². The van der Waals surface area contributed by atoms with Crippen LogP contribution >= 0.6 is 11.3 Å². The van der Waals surface area contributed by atoms with Crippen molar-refractivity contribution < 1.29 is 9.53 Å². The van der Waals surface area contributed by atoms with Gasteiger partial charge in [-0.25, -0.2) is 4.98 Å². The molecule has 118 valence electrons. The van der Waals surface area contributed by atoms with Crippen molar-refractivity contribution in [1.82, 2.24) is 4.98 Å². The van der Waals surface area contributed by atoms with Crippen LogP contribution in [0.5, 0.6) is 5.75 Å². The maximum atomic E-state index is 12.4. The number of carbonyl (C=O) groups is 1. The molecule has 0 unspecified atom stereocenters. The fourth-order valence-electron chi connectivity index (χ4n) is 2.35. The topological polar surface area (TPSA) is 42.4 Å². The summed E-state index contributed by atoms with van der Waals surface area (Å²) in [4.78, 5) is 18.8. The summed E-state index contributed by atoms with van der Waals surface area (Å²) >= 11 is 1.51. The second kappa shape index (κ2) is 6.79. The normalized spacial score (nSPS) is 10.7. The third-order valence-electron chi connectivity index (χ3n) is 3.60. The van der Waals surface area contributed by atoms with Gasteiger partial charge in [-0.1, -0.05) is 48.6 Å². The van der Waals surface area contributed by atoms with Crippen LogP contribution in [0.4, 0.5) is 5.13 Å². The van der Waals surface area contributed by atoms with Crippen LogP contribution in [-0.4, -0.2) is 18.0 Å². The Hall–Kier alpha value is -2.40. The lowest BCUT2D eigenvalue weighted by atomic mass is 10.2. The zero-order valence-electron chi connectivity index (χ0n) is 13.2. The van der Waals surface area contributed by atoms with E-state index in [1.165, 1.54) is 11.3 Å². The van der Waals surface area contributed by atoms with Crippen LogP contribution in [0.3, 0.4) is 0 Å². The SMILES string of the molecule is CCC(=O)N(Cc1ccccc1)c1nc2ccc(OC)cc2s1. The molecule has 0 fully saturated rings. The first-order valence-electron chi connectivity index (χ1n) is 7.50. The average Bonchev–Trinajstić information content (AvgIpc) is 3.02. The molecule has 23 heavy (non-hydrogen) atoms. The maximum Gasteiger partial charge on any atom is 0.228 e. The average molecular weight is 326 g/mol. The number of rotatable bonds is 5. The van der Waals surface area contributed by atoms with Crippen molar-refractivity contribution in [2.24, 2.45) is 0 Å². The van der Waals surface area contributed by atoms with Crippen LogP contribution in [0, 0.1) is 0 Å². The van der Waals surface area contributed by atoms with Crippen molar-refractivity contribution in [1.29, 1.82) is 0 Å². The number of hydrogen-bond acceptors (Lipinski definition) is 4. The molecule has 0 radical (unpaired) electrons. The monoisotopic (exact) mass is 326 g/mol. The number of anilines is 1. The van der Waals surface area contributed by atoms with E-state index in [2.05, 4.69) is 4.98 Å². The second-order valence-electron chi connectivity index (χ2n) is 5.15. The van der Waals surface area contributed by atoms with E-state index in [0.29, 0.717) is 13.0 Å². The zero-order valence-corrected chi connectivity index (χ0v) is 14.0. The van der Waals surface area contributed by atoms with E-state index in [4.69, 9.17) is 4.74 Å². The molecule has 1 amide bonds. The number of hydrogen-bond donors (Lipinski definition) is 0. The molecule has 0 saturated heterocycles. The van der Waals surface area contributed by atoms with Crippen molar-refractivity contribution in [3.63, 3.8) is 0 Å². The number of methoxy groups -OCH3 is 1. The molecule has 0 N–H and O–H groups in total. The molecule has 3 aromatic rings. The third-order valence-corrected chi connectivity index (χ3v) is 4.64. The van der Waals surface area contributed by atoms with Gasteiger partial charge >= 0.3 is 0 Å². The van der Waals surface area contributed by atoms with Gasteiger partial charge in [0.25, 0.3) is 0 Å². The molecule has 5 heteroatoms. The van der Waals surface area contributed by atoms with Gasteiger partial charge in [-0.2, -0.15) is 0 Å². The molecule has 0 atom stereocenters. The van der Waals surface area contributed by atoms with E-state index < -0.39 is 0 Å². The molecule has 0 aliphatic heterocycles. The third kappa shape index (κ3) is 3.35. The molecule has 0 saturated carbocycles. The van der Waals surface area contributed by atoms with Crippen molar-refractivity contribution in [2.75, 3.05) is 12.0 Å². The molecule has 1 aromatic heterocycles. The number of fused-ring (bicyclic) bond motifs is 1. The summed E-state index contributed by atoms with van der Waals surface area (Å²) in [5.41, 5.74) is 1.97. The standard InChI is InChI=1S/C18H18N2O2S/c1-3-17(21)20(12-13-7-5-4-6-8-13)18-19-15-10-9-14(22-2)11-16(15)23-18/h4-11H,3,12H2,1-2H3. The first-order valence-corrected chi connectivity index (χ1v) is 8.31. The fourth-order valence-corrected chi connectivity index (χ4v) is 3.37. The highest BCUT2D eigenvalue weighted by molar-refractivity contribution is 7.22. The lowest BCUT2D eigenvalue weighted by Gasteiger charge is -2.19. The van der Waals surface area contributed by atoms with Gasteiger partial charge in [0, 0.05) is 6.42 Å². The second-order valence-corrected chi connectivity index (χ2v) is 6.16. The van der Waals surface area contributed by atoms with Gasteiger partial charge in [0.05, 0.1) is 23.9 Å². The van der Waals surface area contributed by atoms with Gasteiger partial charge in [-0.05, 0) is 23.8 Å². The molecular formula is C18H18N2O2S. The zero-order chi connectivity index (χ0) is 16.2. The Labute approximate surface area is 139 Å². The molecule has 0 spiro atoms. The summed E-state index contributed by atoms with van der Waals surface area (Å²) in [6.45, 7) is 2.40.